The zero-order chi connectivity index (χ0) is 16.8. The monoisotopic (exact) mass is 315 g/mol. The van der Waals surface area contributed by atoms with Crippen LogP contribution >= 0.6 is 0 Å². The van der Waals surface area contributed by atoms with Crippen molar-refractivity contribution < 1.29 is 14.3 Å². The minimum atomic E-state index is -0.130. The molecule has 23 heavy (non-hydrogen) atoms. The molecule has 2 rings (SSSR count). The van der Waals surface area contributed by atoms with Gasteiger partial charge in [-0.3, -0.25) is 4.79 Å². The van der Waals surface area contributed by atoms with E-state index in [9.17, 15) is 4.79 Å². The van der Waals surface area contributed by atoms with Gasteiger partial charge in [0.15, 0.2) is 0 Å². The van der Waals surface area contributed by atoms with Crippen LogP contribution in [0.3, 0.4) is 0 Å². The van der Waals surface area contributed by atoms with E-state index in [1.54, 1.807) is 19.1 Å². The lowest BCUT2D eigenvalue weighted by molar-refractivity contribution is 0.0742. The van der Waals surface area contributed by atoms with Crippen LogP contribution < -0.4 is 9.47 Å². The highest BCUT2D eigenvalue weighted by Gasteiger charge is 2.19. The average molecular weight is 315 g/mol. The molecule has 0 bridgehead atoms. The summed E-state index contributed by atoms with van der Waals surface area (Å²) in [5.41, 5.74) is 1.49. The van der Waals surface area contributed by atoms with Crippen molar-refractivity contribution in [2.45, 2.75) is 19.4 Å². The van der Waals surface area contributed by atoms with Crippen molar-refractivity contribution in [2.75, 3.05) is 21.3 Å². The molecule has 2 aromatic rings. The largest absolute Gasteiger partial charge is 0.496 e. The lowest BCUT2D eigenvalue weighted by Crippen LogP contribution is -2.36. The Labute approximate surface area is 136 Å². The number of benzene rings is 1. The normalized spacial score (nSPS) is 11.7. The molecule has 1 atom stereocenters. The van der Waals surface area contributed by atoms with Gasteiger partial charge in [-0.05, 0) is 25.0 Å². The van der Waals surface area contributed by atoms with Gasteiger partial charge in [0, 0.05) is 25.5 Å². The van der Waals surface area contributed by atoms with Crippen molar-refractivity contribution in [2.24, 2.45) is 0 Å². The molecule has 0 radical (unpaired) electrons. The first-order chi connectivity index (χ1) is 11.1. The van der Waals surface area contributed by atoms with Crippen LogP contribution in [0.25, 0.3) is 0 Å². The summed E-state index contributed by atoms with van der Waals surface area (Å²) >= 11 is 0. The van der Waals surface area contributed by atoms with Gasteiger partial charge in [0.1, 0.15) is 5.75 Å². The molecule has 0 aliphatic rings. The Bertz CT molecular complexity index is 658. The van der Waals surface area contributed by atoms with Crippen molar-refractivity contribution in [3.8, 4) is 11.8 Å². The maximum atomic E-state index is 12.5. The van der Waals surface area contributed by atoms with Gasteiger partial charge < -0.3 is 14.4 Å². The summed E-state index contributed by atoms with van der Waals surface area (Å²) in [6.45, 7) is 1.99. The molecule has 0 saturated heterocycles. The number of hydrogen-bond donors (Lipinski definition) is 0. The molecular formula is C17H21N3O3. The number of aromatic nitrogens is 2. The van der Waals surface area contributed by atoms with Crippen LogP contribution in [0.4, 0.5) is 0 Å². The van der Waals surface area contributed by atoms with Crippen molar-refractivity contribution in [1.29, 1.82) is 0 Å². The highest BCUT2D eigenvalue weighted by atomic mass is 16.5. The maximum Gasteiger partial charge on any atom is 0.316 e. The molecule has 0 spiro atoms. The fourth-order valence-corrected chi connectivity index (χ4v) is 2.26. The first-order valence-electron chi connectivity index (χ1n) is 7.32. The van der Waals surface area contributed by atoms with E-state index in [4.69, 9.17) is 9.47 Å². The SMILES string of the molecule is COc1ncc(C(=O)N(C)C(C)Cc2ccccc2OC)cn1. The number of nitrogens with zero attached hydrogens (tertiary/aromatic N) is 3. The first kappa shape index (κ1) is 16.7. The van der Waals surface area contributed by atoms with Crippen molar-refractivity contribution in [1.82, 2.24) is 14.9 Å². The summed E-state index contributed by atoms with van der Waals surface area (Å²) in [5.74, 6) is 0.697. The topological polar surface area (TPSA) is 64.5 Å². The third-order valence-corrected chi connectivity index (χ3v) is 3.75. The molecule has 122 valence electrons. The summed E-state index contributed by atoms with van der Waals surface area (Å²) in [6.07, 6.45) is 3.64. The Kier molecular flexibility index (Phi) is 5.51. The average Bonchev–Trinajstić information content (AvgIpc) is 2.61. The second-order valence-electron chi connectivity index (χ2n) is 5.24. The van der Waals surface area contributed by atoms with E-state index in [2.05, 4.69) is 9.97 Å². The molecule has 0 saturated carbocycles. The molecule has 1 aromatic heterocycles. The van der Waals surface area contributed by atoms with Gasteiger partial charge >= 0.3 is 6.01 Å². The fourth-order valence-electron chi connectivity index (χ4n) is 2.26. The van der Waals surface area contributed by atoms with Crippen LogP contribution in [-0.2, 0) is 6.42 Å². The standard InChI is InChI=1S/C17H21N3O3/c1-12(9-13-7-5-6-8-15(13)22-3)20(2)16(21)14-10-18-17(23-4)19-11-14/h5-8,10-12H,9H2,1-4H3. The van der Waals surface area contributed by atoms with Crippen molar-refractivity contribution >= 4 is 5.91 Å². The van der Waals surface area contributed by atoms with Gasteiger partial charge in [0.2, 0.25) is 0 Å². The van der Waals surface area contributed by atoms with Gasteiger partial charge in [0.25, 0.3) is 5.91 Å². The molecule has 6 nitrogen and oxygen atoms in total. The van der Waals surface area contributed by atoms with Crippen LogP contribution in [0, 0.1) is 0 Å². The molecule has 1 heterocycles. The Balaban J connectivity index is 2.08. The van der Waals surface area contributed by atoms with Crippen LogP contribution in [0.2, 0.25) is 0 Å². The second-order valence-corrected chi connectivity index (χ2v) is 5.24. The molecule has 1 amide bonds. The Morgan fingerprint density at radius 3 is 2.43 bits per heavy atom. The van der Waals surface area contributed by atoms with E-state index >= 15 is 0 Å². The zero-order valence-electron chi connectivity index (χ0n) is 13.8. The summed E-state index contributed by atoms with van der Waals surface area (Å²) in [5, 5.41) is 0. The van der Waals surface area contributed by atoms with Crippen LogP contribution in [0.15, 0.2) is 36.7 Å². The lowest BCUT2D eigenvalue weighted by Gasteiger charge is -2.25. The number of carbonyl (C=O) groups is 1. The molecule has 0 aliphatic heterocycles. The Morgan fingerprint density at radius 2 is 1.83 bits per heavy atom. The quantitative estimate of drug-likeness (QED) is 0.817. The van der Waals surface area contributed by atoms with Gasteiger partial charge in [0.05, 0.1) is 19.8 Å². The van der Waals surface area contributed by atoms with Crippen molar-refractivity contribution in [3.63, 3.8) is 0 Å². The van der Waals surface area contributed by atoms with E-state index in [-0.39, 0.29) is 18.0 Å². The predicted molar refractivity (Wildman–Crippen MR) is 86.8 cm³/mol. The van der Waals surface area contributed by atoms with E-state index in [0.717, 1.165) is 11.3 Å². The number of hydrogen-bond acceptors (Lipinski definition) is 5. The molecule has 1 aromatic carbocycles. The molecule has 0 N–H and O–H groups in total. The Hall–Kier alpha value is -2.63. The van der Waals surface area contributed by atoms with Gasteiger partial charge in [-0.25, -0.2) is 9.97 Å². The van der Waals surface area contributed by atoms with E-state index < -0.39 is 0 Å². The third kappa shape index (κ3) is 3.97. The van der Waals surface area contributed by atoms with Crippen molar-refractivity contribution in [3.05, 3.63) is 47.8 Å². The zero-order valence-corrected chi connectivity index (χ0v) is 13.8. The molecule has 1 unspecified atom stereocenters. The molecule has 0 aliphatic carbocycles. The molecule has 6 heteroatoms. The van der Waals surface area contributed by atoms with Gasteiger partial charge in [-0.15, -0.1) is 0 Å². The number of ether oxygens (including phenoxy) is 2. The smallest absolute Gasteiger partial charge is 0.316 e. The number of methoxy groups -OCH3 is 2. The summed E-state index contributed by atoms with van der Waals surface area (Å²) in [6, 6.07) is 8.05. The predicted octanol–water partition coefficient (Wildman–Crippen LogP) is 2.20. The Morgan fingerprint density at radius 1 is 1.17 bits per heavy atom. The van der Waals surface area contributed by atoms with Gasteiger partial charge in [-0.2, -0.15) is 0 Å². The van der Waals surface area contributed by atoms with Crippen LogP contribution in [0.5, 0.6) is 11.8 Å². The third-order valence-electron chi connectivity index (χ3n) is 3.75. The molecule has 0 fully saturated rings. The number of carbonyl (C=O) groups excluding carboxylic acids is 1. The maximum absolute atomic E-state index is 12.5. The van der Waals surface area contributed by atoms with E-state index in [0.29, 0.717) is 12.0 Å². The van der Waals surface area contributed by atoms with E-state index in [1.807, 2.05) is 31.2 Å². The fraction of sp³-hybridized carbons (Fsp3) is 0.353. The second kappa shape index (κ2) is 7.58. The minimum absolute atomic E-state index is 0.000835. The van der Waals surface area contributed by atoms with Crippen LogP contribution in [0.1, 0.15) is 22.8 Å². The summed E-state index contributed by atoms with van der Waals surface area (Å²) in [7, 11) is 4.90. The number of likely N-dealkylation sites (N-methyl/N-ethyl adjacent to an activating group) is 1. The first-order valence-corrected chi connectivity index (χ1v) is 7.32. The lowest BCUT2D eigenvalue weighted by atomic mass is 10.0. The summed E-state index contributed by atoms with van der Waals surface area (Å²) < 4.78 is 10.3. The van der Waals surface area contributed by atoms with Gasteiger partial charge in [-0.1, -0.05) is 18.2 Å². The molecular weight excluding hydrogens is 294 g/mol. The van der Waals surface area contributed by atoms with E-state index in [1.165, 1.54) is 19.5 Å². The highest BCUT2D eigenvalue weighted by molar-refractivity contribution is 5.93. The minimum Gasteiger partial charge on any atom is -0.496 e. The highest BCUT2D eigenvalue weighted by Crippen LogP contribution is 2.20. The number of para-hydroxylation sites is 1. The number of amides is 1. The summed E-state index contributed by atoms with van der Waals surface area (Å²) in [4.78, 5) is 22.1. The van der Waals surface area contributed by atoms with Crippen LogP contribution in [-0.4, -0.2) is 48.1 Å². The number of rotatable bonds is 6.